The van der Waals surface area contributed by atoms with Gasteiger partial charge < -0.3 is 9.47 Å². The van der Waals surface area contributed by atoms with Gasteiger partial charge >= 0.3 is 6.61 Å². The van der Waals surface area contributed by atoms with Gasteiger partial charge in [0.1, 0.15) is 18.1 Å². The van der Waals surface area contributed by atoms with Crippen LogP contribution in [0.15, 0.2) is 77.9 Å². The summed E-state index contributed by atoms with van der Waals surface area (Å²) in [7, 11) is 0. The number of carbonyl (C=O) groups excluding carboxylic acids is 1. The topological polar surface area (TPSA) is 59.9 Å². The smallest absolute Gasteiger partial charge is 0.387 e. The Hall–Kier alpha value is -3.74. The van der Waals surface area contributed by atoms with Gasteiger partial charge in [0, 0.05) is 5.56 Å². The molecule has 0 heterocycles. The molecular weight excluding hydrogens is 438 g/mol. The maximum atomic E-state index is 12.4. The predicted molar refractivity (Wildman–Crippen MR) is 129 cm³/mol. The zero-order chi connectivity index (χ0) is 24.7. The molecule has 0 saturated carbocycles. The van der Waals surface area contributed by atoms with E-state index in [9.17, 15) is 13.6 Å². The Morgan fingerprint density at radius 1 is 0.882 bits per heavy atom. The quantitative estimate of drug-likeness (QED) is 0.312. The number of hydrogen-bond donors (Lipinski definition) is 1. The number of nitrogens with one attached hydrogen (secondary N) is 1. The summed E-state index contributed by atoms with van der Waals surface area (Å²) in [6, 6.07) is 21.1. The van der Waals surface area contributed by atoms with E-state index >= 15 is 0 Å². The van der Waals surface area contributed by atoms with Crippen LogP contribution in [0.1, 0.15) is 54.7 Å². The minimum atomic E-state index is -2.88. The third-order valence-electron chi connectivity index (χ3n) is 5.16. The van der Waals surface area contributed by atoms with E-state index < -0.39 is 6.61 Å². The molecule has 0 bridgehead atoms. The number of carbonyl (C=O) groups is 1. The lowest BCUT2D eigenvalue weighted by atomic mass is 9.87. The van der Waals surface area contributed by atoms with Crippen LogP contribution in [0.4, 0.5) is 8.78 Å². The first-order chi connectivity index (χ1) is 16.1. The monoisotopic (exact) mass is 466 g/mol. The summed E-state index contributed by atoms with van der Waals surface area (Å²) >= 11 is 0. The SMILES string of the molecule is CC(=NNC(=O)c1ccc(COc2ccc(C(C)(C)C)cc2)cc1)c1ccc(OC(F)F)cc1. The number of ether oxygens (including phenoxy) is 2. The number of rotatable bonds is 8. The van der Waals surface area contributed by atoms with Gasteiger partial charge in [-0.15, -0.1) is 0 Å². The largest absolute Gasteiger partial charge is 0.489 e. The molecule has 7 heteroatoms. The molecule has 3 aromatic carbocycles. The standard InChI is InChI=1S/C27H28F2N2O3/c1-18(20-9-13-24(14-10-20)34-26(28)29)30-31-25(32)21-7-5-19(6-8-21)17-33-23-15-11-22(12-16-23)27(2,3)4/h5-16,26H,17H2,1-4H3,(H,31,32). The van der Waals surface area contributed by atoms with E-state index in [0.717, 1.165) is 11.3 Å². The molecule has 1 amide bonds. The molecule has 3 rings (SSSR count). The predicted octanol–water partition coefficient (Wildman–Crippen LogP) is 6.32. The molecule has 34 heavy (non-hydrogen) atoms. The minimum Gasteiger partial charge on any atom is -0.489 e. The Balaban J connectivity index is 1.53. The van der Waals surface area contributed by atoms with Crippen molar-refractivity contribution >= 4 is 11.6 Å². The van der Waals surface area contributed by atoms with Crippen molar-refractivity contribution in [2.24, 2.45) is 5.10 Å². The fraction of sp³-hybridized carbons (Fsp3) is 0.259. The third-order valence-corrected chi connectivity index (χ3v) is 5.16. The molecule has 3 aromatic rings. The first-order valence-electron chi connectivity index (χ1n) is 10.8. The third kappa shape index (κ3) is 7.13. The molecule has 0 aliphatic carbocycles. The lowest BCUT2D eigenvalue weighted by Gasteiger charge is -2.19. The number of hydrogen-bond acceptors (Lipinski definition) is 4. The van der Waals surface area contributed by atoms with E-state index in [0.29, 0.717) is 23.4 Å². The summed E-state index contributed by atoms with van der Waals surface area (Å²) in [5, 5.41) is 4.09. The lowest BCUT2D eigenvalue weighted by Crippen LogP contribution is -2.19. The van der Waals surface area contributed by atoms with Crippen LogP contribution in [0.2, 0.25) is 0 Å². The molecule has 0 atom stereocenters. The maximum Gasteiger partial charge on any atom is 0.387 e. The molecule has 1 N–H and O–H groups in total. The maximum absolute atomic E-state index is 12.4. The Bertz CT molecular complexity index is 1120. The fourth-order valence-corrected chi connectivity index (χ4v) is 3.11. The Morgan fingerprint density at radius 3 is 2.00 bits per heavy atom. The van der Waals surface area contributed by atoms with Crippen LogP contribution >= 0.6 is 0 Å². The van der Waals surface area contributed by atoms with Gasteiger partial charge in [0.05, 0.1) is 5.71 Å². The lowest BCUT2D eigenvalue weighted by molar-refractivity contribution is -0.0498. The van der Waals surface area contributed by atoms with Crippen LogP contribution in [0.3, 0.4) is 0 Å². The number of benzene rings is 3. The summed E-state index contributed by atoms with van der Waals surface area (Å²) in [4.78, 5) is 12.4. The van der Waals surface area contributed by atoms with E-state index in [1.165, 1.54) is 17.7 Å². The number of halogens is 2. The molecule has 0 aromatic heterocycles. The summed E-state index contributed by atoms with van der Waals surface area (Å²) in [6.07, 6.45) is 0. The first-order valence-corrected chi connectivity index (χ1v) is 10.8. The summed E-state index contributed by atoms with van der Waals surface area (Å²) in [6.45, 7) is 5.71. The van der Waals surface area contributed by atoms with Crippen molar-refractivity contribution in [1.82, 2.24) is 5.43 Å². The second kappa shape index (κ2) is 10.9. The van der Waals surface area contributed by atoms with Gasteiger partial charge in [0.25, 0.3) is 5.91 Å². The highest BCUT2D eigenvalue weighted by atomic mass is 19.3. The van der Waals surface area contributed by atoms with Crippen LogP contribution in [0, 0.1) is 0 Å². The highest BCUT2D eigenvalue weighted by molar-refractivity contribution is 6.00. The average molecular weight is 467 g/mol. The highest BCUT2D eigenvalue weighted by Crippen LogP contribution is 2.24. The van der Waals surface area contributed by atoms with Gasteiger partial charge in [0.15, 0.2) is 0 Å². The van der Waals surface area contributed by atoms with Gasteiger partial charge in [-0.1, -0.05) is 45.0 Å². The second-order valence-corrected chi connectivity index (χ2v) is 8.80. The normalized spacial score (nSPS) is 11.9. The molecule has 0 aliphatic rings. The van der Waals surface area contributed by atoms with Crippen LogP contribution in [-0.2, 0) is 12.0 Å². The number of amides is 1. The number of alkyl halides is 2. The molecule has 0 saturated heterocycles. The van der Waals surface area contributed by atoms with Crippen LogP contribution in [0.5, 0.6) is 11.5 Å². The van der Waals surface area contributed by atoms with E-state index in [4.69, 9.17) is 4.74 Å². The molecular formula is C27H28F2N2O3. The minimum absolute atomic E-state index is 0.0570. The summed E-state index contributed by atoms with van der Waals surface area (Å²) in [5.74, 6) is 0.484. The van der Waals surface area contributed by atoms with Crippen molar-refractivity contribution in [3.63, 3.8) is 0 Å². The van der Waals surface area contributed by atoms with Crippen molar-refractivity contribution in [3.05, 3.63) is 95.1 Å². The van der Waals surface area contributed by atoms with Gasteiger partial charge in [-0.3, -0.25) is 4.79 Å². The van der Waals surface area contributed by atoms with Gasteiger partial charge in [-0.25, -0.2) is 5.43 Å². The Morgan fingerprint density at radius 2 is 1.44 bits per heavy atom. The van der Waals surface area contributed by atoms with Crippen molar-refractivity contribution in [1.29, 1.82) is 0 Å². The van der Waals surface area contributed by atoms with Crippen LogP contribution in [-0.4, -0.2) is 18.2 Å². The van der Waals surface area contributed by atoms with Crippen molar-refractivity contribution in [2.45, 2.75) is 46.3 Å². The molecule has 0 unspecified atom stereocenters. The Kier molecular flexibility index (Phi) is 7.99. The Labute approximate surface area is 198 Å². The second-order valence-electron chi connectivity index (χ2n) is 8.80. The van der Waals surface area contributed by atoms with E-state index in [-0.39, 0.29) is 17.1 Å². The van der Waals surface area contributed by atoms with Crippen molar-refractivity contribution in [3.8, 4) is 11.5 Å². The van der Waals surface area contributed by atoms with Gasteiger partial charge in [0.2, 0.25) is 0 Å². The molecule has 0 fully saturated rings. The zero-order valence-electron chi connectivity index (χ0n) is 19.6. The van der Waals surface area contributed by atoms with Crippen molar-refractivity contribution < 1.29 is 23.0 Å². The molecule has 178 valence electrons. The first kappa shape index (κ1) is 24.9. The number of nitrogens with zero attached hydrogens (tertiary/aromatic N) is 1. The molecule has 5 nitrogen and oxygen atoms in total. The van der Waals surface area contributed by atoms with Crippen molar-refractivity contribution in [2.75, 3.05) is 0 Å². The summed E-state index contributed by atoms with van der Waals surface area (Å²) < 4.78 is 34.7. The molecule has 0 radical (unpaired) electrons. The molecule has 0 spiro atoms. The van der Waals surface area contributed by atoms with Crippen LogP contribution in [0.25, 0.3) is 0 Å². The van der Waals surface area contributed by atoms with Gasteiger partial charge in [-0.05, 0) is 77.6 Å². The number of hydrazone groups is 1. The van der Waals surface area contributed by atoms with Gasteiger partial charge in [-0.2, -0.15) is 13.9 Å². The highest BCUT2D eigenvalue weighted by Gasteiger charge is 2.13. The fourth-order valence-electron chi connectivity index (χ4n) is 3.11. The van der Waals surface area contributed by atoms with E-state index in [1.54, 1.807) is 31.2 Å². The van der Waals surface area contributed by atoms with E-state index in [1.807, 2.05) is 24.3 Å². The zero-order valence-corrected chi connectivity index (χ0v) is 19.6. The average Bonchev–Trinajstić information content (AvgIpc) is 2.81. The summed E-state index contributed by atoms with van der Waals surface area (Å²) in [5.41, 5.74) is 6.42. The van der Waals surface area contributed by atoms with E-state index in [2.05, 4.69) is 48.2 Å². The van der Waals surface area contributed by atoms with Crippen LogP contribution < -0.4 is 14.9 Å². The molecule has 0 aliphatic heterocycles.